The van der Waals surface area contributed by atoms with Crippen LogP contribution in [0.2, 0.25) is 0 Å². The van der Waals surface area contributed by atoms with Gasteiger partial charge in [0, 0.05) is 13.1 Å². The van der Waals surface area contributed by atoms with Crippen molar-refractivity contribution >= 4 is 17.5 Å². The molecule has 1 aromatic heterocycles. The molecule has 1 aromatic rings. The number of carboxylic acids is 1. The zero-order chi connectivity index (χ0) is 13.9. The smallest absolute Gasteiger partial charge is 0.337 e. The molecule has 0 aliphatic rings. The molecule has 100 valence electrons. The zero-order valence-corrected chi connectivity index (χ0v) is 10.8. The van der Waals surface area contributed by atoms with E-state index in [0.717, 1.165) is 0 Å². The van der Waals surface area contributed by atoms with Crippen LogP contribution in [-0.4, -0.2) is 39.9 Å². The first-order chi connectivity index (χ1) is 8.24. The maximum atomic E-state index is 11.0. The Morgan fingerprint density at radius 2 is 2.17 bits per heavy atom. The lowest BCUT2D eigenvalue weighted by Gasteiger charge is -2.29. The number of hydrogen-bond donors (Lipinski definition) is 3. The van der Waals surface area contributed by atoms with Gasteiger partial charge in [-0.3, -0.25) is 0 Å². The molecule has 1 rings (SSSR count). The van der Waals surface area contributed by atoms with E-state index in [4.69, 9.17) is 10.8 Å². The summed E-state index contributed by atoms with van der Waals surface area (Å²) in [6, 6.07) is 1.42. The molecule has 18 heavy (non-hydrogen) atoms. The SMILES string of the molecule is CCN(CC(C)(C)O)c1cc(C(=O)O)c(N)cn1. The molecule has 0 saturated heterocycles. The highest BCUT2D eigenvalue weighted by Gasteiger charge is 2.20. The topological polar surface area (TPSA) is 99.7 Å². The number of rotatable bonds is 5. The minimum atomic E-state index is -1.09. The molecular formula is C12H19N3O3. The first-order valence-electron chi connectivity index (χ1n) is 5.70. The van der Waals surface area contributed by atoms with Gasteiger partial charge in [0.1, 0.15) is 5.82 Å². The lowest BCUT2D eigenvalue weighted by atomic mass is 10.1. The second kappa shape index (κ2) is 5.22. The van der Waals surface area contributed by atoms with E-state index in [1.807, 2.05) is 6.92 Å². The van der Waals surface area contributed by atoms with E-state index in [0.29, 0.717) is 18.9 Å². The molecule has 0 atom stereocenters. The monoisotopic (exact) mass is 253 g/mol. The number of aliphatic hydroxyl groups is 1. The molecule has 0 saturated carbocycles. The van der Waals surface area contributed by atoms with Crippen LogP contribution in [0, 0.1) is 0 Å². The molecule has 6 nitrogen and oxygen atoms in total. The summed E-state index contributed by atoms with van der Waals surface area (Å²) >= 11 is 0. The Bertz CT molecular complexity index is 441. The lowest BCUT2D eigenvalue weighted by molar-refractivity contribution is 0.0698. The summed E-state index contributed by atoms with van der Waals surface area (Å²) < 4.78 is 0. The fourth-order valence-corrected chi connectivity index (χ4v) is 1.63. The van der Waals surface area contributed by atoms with Gasteiger partial charge in [-0.1, -0.05) is 0 Å². The van der Waals surface area contributed by atoms with Crippen molar-refractivity contribution in [3.63, 3.8) is 0 Å². The zero-order valence-electron chi connectivity index (χ0n) is 10.8. The van der Waals surface area contributed by atoms with Crippen molar-refractivity contribution in [1.82, 2.24) is 4.98 Å². The second-order valence-corrected chi connectivity index (χ2v) is 4.76. The summed E-state index contributed by atoms with van der Waals surface area (Å²) in [5.74, 6) is -0.596. The molecule has 0 aromatic carbocycles. The van der Waals surface area contributed by atoms with Crippen LogP contribution in [0.25, 0.3) is 0 Å². The Labute approximate surface area is 106 Å². The number of carbonyl (C=O) groups is 1. The molecule has 0 amide bonds. The fourth-order valence-electron chi connectivity index (χ4n) is 1.63. The Balaban J connectivity index is 3.07. The van der Waals surface area contributed by atoms with Gasteiger partial charge in [-0.25, -0.2) is 9.78 Å². The minimum absolute atomic E-state index is 0.0224. The molecule has 6 heteroatoms. The quantitative estimate of drug-likeness (QED) is 0.722. The van der Waals surface area contributed by atoms with Crippen LogP contribution in [0.4, 0.5) is 11.5 Å². The van der Waals surface area contributed by atoms with Gasteiger partial charge in [-0.05, 0) is 26.8 Å². The molecule has 0 bridgehead atoms. The van der Waals surface area contributed by atoms with Crippen molar-refractivity contribution in [3.05, 3.63) is 17.8 Å². The second-order valence-electron chi connectivity index (χ2n) is 4.76. The standard InChI is InChI=1S/C12H19N3O3/c1-4-15(7-12(2,3)18)10-5-8(11(16)17)9(13)6-14-10/h5-6,18H,4,7,13H2,1-3H3,(H,16,17). The lowest BCUT2D eigenvalue weighted by Crippen LogP contribution is -2.39. The molecule has 0 fully saturated rings. The largest absolute Gasteiger partial charge is 0.478 e. The highest BCUT2D eigenvalue weighted by atomic mass is 16.4. The number of hydrogen-bond acceptors (Lipinski definition) is 5. The molecule has 0 radical (unpaired) electrons. The van der Waals surface area contributed by atoms with Crippen LogP contribution < -0.4 is 10.6 Å². The normalized spacial score (nSPS) is 11.3. The molecule has 0 spiro atoms. The summed E-state index contributed by atoms with van der Waals surface area (Å²) in [6.07, 6.45) is 1.33. The number of nitrogens with zero attached hydrogens (tertiary/aromatic N) is 2. The van der Waals surface area contributed by atoms with Crippen molar-refractivity contribution in [2.24, 2.45) is 0 Å². The average Bonchev–Trinajstić information content (AvgIpc) is 2.25. The van der Waals surface area contributed by atoms with Crippen molar-refractivity contribution in [2.75, 3.05) is 23.7 Å². The Kier molecular flexibility index (Phi) is 4.13. The van der Waals surface area contributed by atoms with E-state index < -0.39 is 11.6 Å². The first-order valence-corrected chi connectivity index (χ1v) is 5.70. The van der Waals surface area contributed by atoms with Gasteiger partial charge in [0.05, 0.1) is 23.0 Å². The van der Waals surface area contributed by atoms with Gasteiger partial charge in [-0.15, -0.1) is 0 Å². The van der Waals surface area contributed by atoms with Crippen LogP contribution in [0.3, 0.4) is 0 Å². The van der Waals surface area contributed by atoms with Crippen molar-refractivity contribution < 1.29 is 15.0 Å². The molecule has 0 unspecified atom stereocenters. The molecule has 0 aliphatic carbocycles. The van der Waals surface area contributed by atoms with E-state index in [1.54, 1.807) is 18.7 Å². The van der Waals surface area contributed by atoms with E-state index in [2.05, 4.69) is 4.98 Å². The van der Waals surface area contributed by atoms with E-state index >= 15 is 0 Å². The van der Waals surface area contributed by atoms with Crippen LogP contribution >= 0.6 is 0 Å². The van der Waals surface area contributed by atoms with Crippen LogP contribution in [0.15, 0.2) is 12.3 Å². The molecule has 0 aliphatic heterocycles. The third kappa shape index (κ3) is 3.59. The predicted molar refractivity (Wildman–Crippen MR) is 69.8 cm³/mol. The van der Waals surface area contributed by atoms with Crippen LogP contribution in [0.5, 0.6) is 0 Å². The average molecular weight is 253 g/mol. The number of nitrogen functional groups attached to an aromatic ring is 1. The number of likely N-dealkylation sites (N-methyl/N-ethyl adjacent to an activating group) is 1. The van der Waals surface area contributed by atoms with Gasteiger partial charge in [0.2, 0.25) is 0 Å². The maximum Gasteiger partial charge on any atom is 0.337 e. The van der Waals surface area contributed by atoms with Crippen molar-refractivity contribution in [1.29, 1.82) is 0 Å². The van der Waals surface area contributed by atoms with E-state index in [-0.39, 0.29) is 11.3 Å². The summed E-state index contributed by atoms with van der Waals surface area (Å²) in [5.41, 5.74) is 4.81. The first kappa shape index (κ1) is 14.2. The van der Waals surface area contributed by atoms with Gasteiger partial charge < -0.3 is 20.8 Å². The highest BCUT2D eigenvalue weighted by molar-refractivity contribution is 5.94. The molecule has 4 N–H and O–H groups in total. The number of aromatic nitrogens is 1. The van der Waals surface area contributed by atoms with Gasteiger partial charge in [0.25, 0.3) is 0 Å². The van der Waals surface area contributed by atoms with E-state index in [1.165, 1.54) is 12.3 Å². The highest BCUT2D eigenvalue weighted by Crippen LogP contribution is 2.19. The summed E-state index contributed by atoms with van der Waals surface area (Å²) in [7, 11) is 0. The number of aromatic carboxylic acids is 1. The molecular weight excluding hydrogens is 234 g/mol. The number of pyridine rings is 1. The van der Waals surface area contributed by atoms with Crippen molar-refractivity contribution in [2.45, 2.75) is 26.4 Å². The Morgan fingerprint density at radius 1 is 1.56 bits per heavy atom. The summed E-state index contributed by atoms with van der Waals surface area (Å²) in [6.45, 7) is 6.25. The van der Waals surface area contributed by atoms with Gasteiger partial charge >= 0.3 is 5.97 Å². The number of carboxylic acid groups (broad SMARTS) is 1. The van der Waals surface area contributed by atoms with Crippen LogP contribution in [-0.2, 0) is 0 Å². The Morgan fingerprint density at radius 3 is 2.61 bits per heavy atom. The van der Waals surface area contributed by atoms with Gasteiger partial charge in [-0.2, -0.15) is 0 Å². The molecule has 1 heterocycles. The minimum Gasteiger partial charge on any atom is -0.478 e. The third-order valence-corrected chi connectivity index (χ3v) is 2.43. The summed E-state index contributed by atoms with van der Waals surface area (Å²) in [4.78, 5) is 16.9. The fraction of sp³-hybridized carbons (Fsp3) is 0.500. The summed E-state index contributed by atoms with van der Waals surface area (Å²) in [5, 5.41) is 18.8. The Hall–Kier alpha value is -1.82. The number of nitrogens with two attached hydrogens (primary N) is 1. The van der Waals surface area contributed by atoms with Gasteiger partial charge in [0.15, 0.2) is 0 Å². The predicted octanol–water partition coefficient (Wildman–Crippen LogP) is 0.959. The van der Waals surface area contributed by atoms with Crippen molar-refractivity contribution in [3.8, 4) is 0 Å². The maximum absolute atomic E-state index is 11.0. The number of anilines is 2. The van der Waals surface area contributed by atoms with E-state index in [9.17, 15) is 9.90 Å². The van der Waals surface area contributed by atoms with Crippen LogP contribution in [0.1, 0.15) is 31.1 Å². The third-order valence-electron chi connectivity index (χ3n) is 2.43.